The second-order valence-electron chi connectivity index (χ2n) is 12.4. The molecule has 16 heteroatoms. The second-order valence-corrected chi connectivity index (χ2v) is 16.0. The van der Waals surface area contributed by atoms with E-state index in [-0.39, 0.29) is 58.9 Å². The number of ketones is 1. The van der Waals surface area contributed by atoms with Crippen molar-refractivity contribution in [3.63, 3.8) is 0 Å². The molecule has 2 unspecified atom stereocenters. The van der Waals surface area contributed by atoms with E-state index in [1.54, 1.807) is 14.4 Å². The van der Waals surface area contributed by atoms with Crippen LogP contribution in [0.15, 0.2) is 41.3 Å². The number of anilines is 1. The Morgan fingerprint density at radius 1 is 1.19 bits per heavy atom. The number of rotatable bonds is 8. The summed E-state index contributed by atoms with van der Waals surface area (Å²) < 4.78 is 46.4. The maximum absolute atomic E-state index is 15.9. The zero-order valence-electron chi connectivity index (χ0n) is 25.3. The number of piperidine rings is 1. The lowest BCUT2D eigenvalue weighted by atomic mass is 9.92. The van der Waals surface area contributed by atoms with Crippen LogP contribution in [0.3, 0.4) is 0 Å². The van der Waals surface area contributed by atoms with Crippen molar-refractivity contribution in [2.45, 2.75) is 56.5 Å². The number of hydrogen-bond donors (Lipinski definition) is 3. The Morgan fingerprint density at radius 2 is 1.89 bits per heavy atom. The van der Waals surface area contributed by atoms with Crippen LogP contribution in [0, 0.1) is 23.1 Å². The van der Waals surface area contributed by atoms with Gasteiger partial charge in [0.1, 0.15) is 28.6 Å². The van der Waals surface area contributed by atoms with Crippen molar-refractivity contribution in [2.24, 2.45) is 5.92 Å². The fourth-order valence-corrected chi connectivity index (χ4v) is 8.81. The maximum Gasteiger partial charge on any atom is 0.415 e. The molecule has 2 aromatic carbocycles. The number of nitriles is 1. The number of fused-ring (bicyclic) bond motifs is 2. The number of amides is 1. The Balaban J connectivity index is 1.25. The molecule has 2 aliphatic heterocycles. The van der Waals surface area contributed by atoms with E-state index in [1.165, 1.54) is 37.4 Å². The molecule has 1 aromatic heterocycles. The number of ether oxygens (including phenoxy) is 1. The van der Waals surface area contributed by atoms with Gasteiger partial charge in [-0.15, -0.1) is 0 Å². The lowest BCUT2D eigenvalue weighted by molar-refractivity contribution is 0.101. The first-order chi connectivity index (χ1) is 22.3. The molecule has 3 heterocycles. The number of hydrogen-bond acceptors (Lipinski definition) is 8. The summed E-state index contributed by atoms with van der Waals surface area (Å²) in [5.41, 5.74) is 0.0830. The number of carbonyl (C=O) groups excluding carboxylic acids is 2. The van der Waals surface area contributed by atoms with Crippen molar-refractivity contribution < 1.29 is 42.5 Å². The SMILES string of the molecule is CC(=O)c1cn(C2CC2)c2c(C#N)c(N3C[C@@H]4CCCN(C(=O)Oc5ccc(CC([PH](=O)O)P(=O)(O)O)cc5)[C@@H]4C3)c(F)cc2c1=O. The summed E-state index contributed by atoms with van der Waals surface area (Å²) in [5.74, 6) is -1.07. The fourth-order valence-electron chi connectivity index (χ4n) is 6.80. The van der Waals surface area contributed by atoms with Crippen LogP contribution in [-0.2, 0) is 15.6 Å². The number of benzene rings is 2. The number of pyridine rings is 1. The van der Waals surface area contributed by atoms with E-state index < -0.39 is 44.1 Å². The third-order valence-electron chi connectivity index (χ3n) is 9.25. The summed E-state index contributed by atoms with van der Waals surface area (Å²) in [6, 6.07) is 8.66. The molecule has 2 saturated heterocycles. The highest BCUT2D eigenvalue weighted by Crippen LogP contribution is 2.53. The van der Waals surface area contributed by atoms with Gasteiger partial charge in [-0.3, -0.25) is 18.7 Å². The van der Waals surface area contributed by atoms with Crippen LogP contribution >= 0.6 is 15.6 Å². The van der Waals surface area contributed by atoms with Crippen molar-refractivity contribution in [3.8, 4) is 11.8 Å². The lowest BCUT2D eigenvalue weighted by Gasteiger charge is -2.35. The molecular weight excluding hydrogens is 653 g/mol. The summed E-state index contributed by atoms with van der Waals surface area (Å²) in [5, 5.41) is 8.59. The normalized spacial score (nSPS) is 20.9. The molecule has 3 aliphatic rings. The van der Waals surface area contributed by atoms with E-state index in [0.29, 0.717) is 30.6 Å². The van der Waals surface area contributed by atoms with Crippen LogP contribution < -0.4 is 15.1 Å². The minimum Gasteiger partial charge on any atom is -0.410 e. The average molecular weight is 687 g/mol. The molecule has 13 nitrogen and oxygen atoms in total. The first kappa shape index (κ1) is 33.1. The molecule has 47 heavy (non-hydrogen) atoms. The van der Waals surface area contributed by atoms with E-state index in [0.717, 1.165) is 25.3 Å². The van der Waals surface area contributed by atoms with Crippen molar-refractivity contribution in [3.05, 3.63) is 69.3 Å². The van der Waals surface area contributed by atoms with Gasteiger partial charge < -0.3 is 33.8 Å². The standard InChI is InChI=1S/C31H33FN4O9P2/c1-17(37)24-15-36(20-6-7-20)28-22(30(24)38)12-25(32)29(23(28)13-33)34-14-19-3-2-10-35(26(19)16-34)31(39)45-21-8-4-18(5-9-21)11-27(46(40)41)47(42,43)44/h4-5,8-9,12,15,19-20,26-27,46H,2-3,6-7,10-11,14,16H2,1H3,(H,40,41)(H2,42,43,44)/t19-,26+,27?/m0/s1. The maximum atomic E-state index is 15.9. The van der Waals surface area contributed by atoms with Crippen LogP contribution in [0.5, 0.6) is 5.75 Å². The topological polar surface area (TPSA) is 190 Å². The predicted molar refractivity (Wildman–Crippen MR) is 170 cm³/mol. The molecule has 0 radical (unpaired) electrons. The van der Waals surface area contributed by atoms with Crippen LogP contribution in [0.2, 0.25) is 0 Å². The molecule has 1 aliphatic carbocycles. The van der Waals surface area contributed by atoms with Gasteiger partial charge in [0.2, 0.25) is 8.03 Å². The average Bonchev–Trinajstić information content (AvgIpc) is 3.77. The Bertz CT molecular complexity index is 1950. The highest BCUT2D eigenvalue weighted by molar-refractivity contribution is 7.65. The summed E-state index contributed by atoms with van der Waals surface area (Å²) in [7, 11) is -8.31. The highest BCUT2D eigenvalue weighted by Gasteiger charge is 2.43. The van der Waals surface area contributed by atoms with Crippen molar-refractivity contribution >= 4 is 44.1 Å². The number of halogens is 1. The third-order valence-corrected chi connectivity index (χ3v) is 12.7. The first-order valence-electron chi connectivity index (χ1n) is 15.2. The Hall–Kier alpha value is -3.85. The van der Waals surface area contributed by atoms with Gasteiger partial charge in [-0.2, -0.15) is 5.26 Å². The molecule has 6 rings (SSSR count). The highest BCUT2D eigenvalue weighted by atomic mass is 31.2. The fraction of sp³-hybridized carbons (Fsp3) is 0.419. The van der Waals surface area contributed by atoms with Gasteiger partial charge in [0, 0.05) is 31.9 Å². The molecule has 0 bridgehead atoms. The molecule has 0 spiro atoms. The quantitative estimate of drug-likeness (QED) is 0.228. The van der Waals surface area contributed by atoms with E-state index in [1.807, 2.05) is 0 Å². The molecule has 248 valence electrons. The molecule has 1 saturated carbocycles. The zero-order valence-corrected chi connectivity index (χ0v) is 27.2. The van der Waals surface area contributed by atoms with Gasteiger partial charge in [0.15, 0.2) is 11.2 Å². The predicted octanol–water partition coefficient (Wildman–Crippen LogP) is 4.16. The van der Waals surface area contributed by atoms with Crippen LogP contribution in [0.4, 0.5) is 14.9 Å². The Kier molecular flexibility index (Phi) is 8.89. The number of likely N-dealkylation sites (tertiary alicyclic amines) is 1. The lowest BCUT2D eigenvalue weighted by Crippen LogP contribution is -2.49. The van der Waals surface area contributed by atoms with Gasteiger partial charge in [0.25, 0.3) is 0 Å². The second kappa shape index (κ2) is 12.6. The molecule has 3 N–H and O–H groups in total. The van der Waals surface area contributed by atoms with E-state index >= 15 is 4.39 Å². The minimum atomic E-state index is -4.80. The van der Waals surface area contributed by atoms with Crippen LogP contribution in [-0.4, -0.2) is 67.1 Å². The van der Waals surface area contributed by atoms with Crippen molar-refractivity contribution in [1.82, 2.24) is 9.47 Å². The summed E-state index contributed by atoms with van der Waals surface area (Å²) in [4.78, 5) is 70.3. The van der Waals surface area contributed by atoms with Gasteiger partial charge in [-0.05, 0) is 68.7 Å². The summed E-state index contributed by atoms with van der Waals surface area (Å²) in [6.45, 7) is 2.26. The monoisotopic (exact) mass is 686 g/mol. The zero-order chi connectivity index (χ0) is 33.8. The Labute approximate surface area is 269 Å². The van der Waals surface area contributed by atoms with Crippen LogP contribution in [0.25, 0.3) is 10.9 Å². The number of Topliss-reactive ketones (excluding diaryl/α,β-unsaturated/α-hetero) is 1. The van der Waals surface area contributed by atoms with Crippen molar-refractivity contribution in [1.29, 1.82) is 5.26 Å². The third kappa shape index (κ3) is 6.39. The first-order valence-corrected chi connectivity index (χ1v) is 18.3. The Morgan fingerprint density at radius 3 is 2.49 bits per heavy atom. The number of carbonyl (C=O) groups is 2. The van der Waals surface area contributed by atoms with Gasteiger partial charge >= 0.3 is 13.7 Å². The molecule has 4 atom stereocenters. The van der Waals surface area contributed by atoms with Gasteiger partial charge in [-0.1, -0.05) is 12.1 Å². The molecule has 3 aromatic rings. The van der Waals surface area contributed by atoms with Gasteiger partial charge in [-0.25, -0.2) is 9.18 Å². The van der Waals surface area contributed by atoms with E-state index in [4.69, 9.17) is 4.74 Å². The van der Waals surface area contributed by atoms with Gasteiger partial charge in [0.05, 0.1) is 28.2 Å². The van der Waals surface area contributed by atoms with E-state index in [9.17, 15) is 43.5 Å². The number of nitrogens with zero attached hydrogens (tertiary/aromatic N) is 4. The molecular formula is C31H33FN4O9P2. The molecule has 1 amide bonds. The van der Waals surface area contributed by atoms with Crippen LogP contribution in [0.1, 0.15) is 60.1 Å². The largest absolute Gasteiger partial charge is 0.415 e. The minimum absolute atomic E-state index is 0.00533. The van der Waals surface area contributed by atoms with Crippen molar-refractivity contribution in [2.75, 3.05) is 24.5 Å². The number of aromatic nitrogens is 1. The summed E-state index contributed by atoms with van der Waals surface area (Å²) in [6.07, 6.45) is 3.56. The summed E-state index contributed by atoms with van der Waals surface area (Å²) >= 11 is 0. The smallest absolute Gasteiger partial charge is 0.410 e. The molecule has 3 fully saturated rings. The van der Waals surface area contributed by atoms with E-state index in [2.05, 4.69) is 6.07 Å².